The van der Waals surface area contributed by atoms with Crippen molar-refractivity contribution in [2.24, 2.45) is 0 Å². The fourth-order valence-corrected chi connectivity index (χ4v) is 4.32. The lowest BCUT2D eigenvalue weighted by atomic mass is 9.89. The van der Waals surface area contributed by atoms with Gasteiger partial charge in [-0.05, 0) is 58.3 Å². The Balaban J connectivity index is 1.85. The van der Waals surface area contributed by atoms with Gasteiger partial charge in [-0.2, -0.15) is 0 Å². The molecule has 1 aliphatic heterocycles. The molecule has 0 unspecified atom stereocenters. The Morgan fingerprint density at radius 3 is 2.59 bits per heavy atom. The van der Waals surface area contributed by atoms with E-state index in [0.29, 0.717) is 35.0 Å². The van der Waals surface area contributed by atoms with Crippen LogP contribution in [0, 0.1) is 0 Å². The third-order valence-electron chi connectivity index (χ3n) is 6.04. The van der Waals surface area contributed by atoms with Gasteiger partial charge in [-0.3, -0.25) is 4.79 Å². The average Bonchev–Trinajstić information content (AvgIpc) is 3.35. The van der Waals surface area contributed by atoms with Gasteiger partial charge in [0.25, 0.3) is 0 Å². The number of aliphatic hydroxyl groups excluding tert-OH is 1. The minimum Gasteiger partial charge on any atom is -0.493 e. The topological polar surface area (TPSA) is 83.5 Å². The van der Waals surface area contributed by atoms with Crippen LogP contribution in [0.4, 0.5) is 0 Å². The largest absolute Gasteiger partial charge is 0.493 e. The summed E-state index contributed by atoms with van der Waals surface area (Å²) >= 11 is 0. The van der Waals surface area contributed by atoms with Crippen LogP contribution in [0.5, 0.6) is 23.0 Å². The van der Waals surface area contributed by atoms with Crippen LogP contribution in [-0.2, 0) is 22.7 Å². The van der Waals surface area contributed by atoms with E-state index in [0.717, 1.165) is 46.7 Å². The molecule has 1 aliphatic rings. The summed E-state index contributed by atoms with van der Waals surface area (Å²) in [6, 6.07) is 11.3. The molecule has 3 aromatic rings. The van der Waals surface area contributed by atoms with E-state index in [2.05, 4.69) is 6.92 Å². The summed E-state index contributed by atoms with van der Waals surface area (Å²) in [4.78, 5) is 12.3. The zero-order valence-electron chi connectivity index (χ0n) is 19.8. The third-order valence-corrected chi connectivity index (χ3v) is 6.04. The van der Waals surface area contributed by atoms with Gasteiger partial charge >= 0.3 is 5.97 Å². The molecule has 0 bridgehead atoms. The van der Waals surface area contributed by atoms with Crippen molar-refractivity contribution in [3.8, 4) is 34.1 Å². The monoisotopic (exact) mass is 466 g/mol. The minimum absolute atomic E-state index is 0.0749. The van der Waals surface area contributed by atoms with Crippen LogP contribution in [0.2, 0.25) is 0 Å². The van der Waals surface area contributed by atoms with Crippen LogP contribution in [0.1, 0.15) is 43.7 Å². The van der Waals surface area contributed by atoms with E-state index in [4.69, 9.17) is 23.7 Å². The van der Waals surface area contributed by atoms with Gasteiger partial charge < -0.3 is 28.8 Å². The number of hydrogen-bond donors (Lipinski definition) is 1. The molecule has 0 atom stereocenters. The van der Waals surface area contributed by atoms with Crippen LogP contribution in [0.3, 0.4) is 0 Å². The lowest BCUT2D eigenvalue weighted by molar-refractivity contribution is -0.145. The molecule has 1 N–H and O–H groups in total. The SMILES string of the molecule is CCCCCC(=O)OCc1cc2ccc3c(c2c(-c2ccc(OC)c(OC)c2)c1CO)OCO3. The Morgan fingerprint density at radius 1 is 1.03 bits per heavy atom. The summed E-state index contributed by atoms with van der Waals surface area (Å²) in [5.41, 5.74) is 2.99. The number of carbonyl (C=O) groups is 1. The predicted octanol–water partition coefficient (Wildman–Crippen LogP) is 5.37. The summed E-state index contributed by atoms with van der Waals surface area (Å²) in [5.74, 6) is 2.20. The normalized spacial score (nSPS) is 12.1. The number of benzene rings is 3. The Bertz CT molecular complexity index is 1190. The van der Waals surface area contributed by atoms with Crippen molar-refractivity contribution in [1.82, 2.24) is 0 Å². The van der Waals surface area contributed by atoms with Crippen LogP contribution in [0.25, 0.3) is 21.9 Å². The minimum atomic E-state index is -0.243. The molecule has 0 aliphatic carbocycles. The average molecular weight is 467 g/mol. The maximum absolute atomic E-state index is 12.3. The number of aliphatic hydroxyl groups is 1. The molecule has 7 heteroatoms. The number of hydrogen-bond acceptors (Lipinski definition) is 7. The highest BCUT2D eigenvalue weighted by molar-refractivity contribution is 6.05. The molecule has 0 amide bonds. The van der Waals surface area contributed by atoms with Crippen molar-refractivity contribution in [3.63, 3.8) is 0 Å². The van der Waals surface area contributed by atoms with Gasteiger partial charge in [-0.1, -0.05) is 31.9 Å². The maximum atomic E-state index is 12.3. The summed E-state index contributed by atoms with van der Waals surface area (Å²) in [5, 5.41) is 12.2. The van der Waals surface area contributed by atoms with Gasteiger partial charge in [-0.25, -0.2) is 0 Å². The van der Waals surface area contributed by atoms with Gasteiger partial charge in [0, 0.05) is 11.8 Å². The summed E-state index contributed by atoms with van der Waals surface area (Å²) in [6.07, 6.45) is 3.22. The second-order valence-electron chi connectivity index (χ2n) is 8.13. The molecular formula is C27H30O7. The number of ether oxygens (including phenoxy) is 5. The second-order valence-corrected chi connectivity index (χ2v) is 8.13. The Morgan fingerprint density at radius 2 is 1.85 bits per heavy atom. The summed E-state index contributed by atoms with van der Waals surface area (Å²) in [6.45, 7) is 2.05. The maximum Gasteiger partial charge on any atom is 0.306 e. The highest BCUT2D eigenvalue weighted by Crippen LogP contribution is 2.47. The Labute approximate surface area is 199 Å². The molecule has 7 nitrogen and oxygen atoms in total. The van der Waals surface area contributed by atoms with Crippen molar-refractivity contribution >= 4 is 16.7 Å². The number of esters is 1. The Hall–Kier alpha value is -3.45. The van der Waals surface area contributed by atoms with Crippen molar-refractivity contribution < 1.29 is 33.6 Å². The fraction of sp³-hybridized carbons (Fsp3) is 0.370. The van der Waals surface area contributed by atoms with Crippen molar-refractivity contribution in [2.75, 3.05) is 21.0 Å². The zero-order chi connectivity index (χ0) is 24.1. The first kappa shape index (κ1) is 23.7. The first-order valence-electron chi connectivity index (χ1n) is 11.5. The van der Waals surface area contributed by atoms with Gasteiger partial charge in [0.15, 0.2) is 23.0 Å². The van der Waals surface area contributed by atoms with E-state index in [-0.39, 0.29) is 26.0 Å². The second kappa shape index (κ2) is 10.7. The van der Waals surface area contributed by atoms with E-state index in [9.17, 15) is 9.90 Å². The van der Waals surface area contributed by atoms with Crippen molar-refractivity contribution in [1.29, 1.82) is 0 Å². The van der Waals surface area contributed by atoms with E-state index in [1.165, 1.54) is 0 Å². The lowest BCUT2D eigenvalue weighted by Crippen LogP contribution is -2.07. The van der Waals surface area contributed by atoms with Crippen molar-refractivity contribution in [2.45, 2.75) is 45.8 Å². The highest BCUT2D eigenvalue weighted by Gasteiger charge is 2.24. The van der Waals surface area contributed by atoms with E-state index in [1.807, 2.05) is 36.4 Å². The molecule has 0 fully saturated rings. The van der Waals surface area contributed by atoms with Gasteiger partial charge in [0.2, 0.25) is 6.79 Å². The van der Waals surface area contributed by atoms with E-state index >= 15 is 0 Å². The van der Waals surface area contributed by atoms with Crippen LogP contribution >= 0.6 is 0 Å². The van der Waals surface area contributed by atoms with Gasteiger partial charge in [-0.15, -0.1) is 0 Å². The quantitative estimate of drug-likeness (QED) is 0.318. The molecule has 0 saturated carbocycles. The van der Waals surface area contributed by atoms with Crippen LogP contribution in [0.15, 0.2) is 36.4 Å². The molecule has 0 spiro atoms. The molecule has 0 radical (unpaired) electrons. The molecule has 4 rings (SSSR count). The fourth-order valence-electron chi connectivity index (χ4n) is 4.32. The Kier molecular flexibility index (Phi) is 7.43. The molecule has 34 heavy (non-hydrogen) atoms. The van der Waals surface area contributed by atoms with E-state index < -0.39 is 0 Å². The third kappa shape index (κ3) is 4.61. The molecule has 0 aromatic heterocycles. The van der Waals surface area contributed by atoms with Gasteiger partial charge in [0.1, 0.15) is 6.61 Å². The molecular weight excluding hydrogens is 436 g/mol. The first-order chi connectivity index (χ1) is 16.6. The van der Waals surface area contributed by atoms with Crippen LogP contribution in [-0.4, -0.2) is 32.1 Å². The van der Waals surface area contributed by atoms with Crippen LogP contribution < -0.4 is 18.9 Å². The molecule has 180 valence electrons. The zero-order valence-corrected chi connectivity index (χ0v) is 19.8. The summed E-state index contributed by atoms with van der Waals surface area (Å²) in [7, 11) is 3.16. The summed E-state index contributed by atoms with van der Waals surface area (Å²) < 4.78 is 27.9. The van der Waals surface area contributed by atoms with E-state index in [1.54, 1.807) is 14.2 Å². The number of methoxy groups -OCH3 is 2. The highest BCUT2D eigenvalue weighted by atomic mass is 16.7. The predicted molar refractivity (Wildman–Crippen MR) is 128 cm³/mol. The molecule has 1 heterocycles. The number of rotatable bonds is 10. The van der Waals surface area contributed by atoms with Crippen molar-refractivity contribution in [3.05, 3.63) is 47.5 Å². The number of fused-ring (bicyclic) bond motifs is 3. The van der Waals surface area contributed by atoms with Gasteiger partial charge in [0.05, 0.1) is 20.8 Å². The smallest absolute Gasteiger partial charge is 0.306 e. The first-order valence-corrected chi connectivity index (χ1v) is 11.5. The number of carbonyl (C=O) groups excluding carboxylic acids is 1. The lowest BCUT2D eigenvalue weighted by Gasteiger charge is -2.19. The molecule has 0 saturated heterocycles. The standard InChI is InChI=1S/C27H30O7/c1-4-5-6-7-24(29)32-15-19-12-17-9-11-22-27(34-16-33-22)26(17)25(20(19)14-28)18-8-10-21(30-2)23(13-18)31-3/h8-13,28H,4-7,14-16H2,1-3H3. The number of unbranched alkanes of at least 4 members (excludes halogenated alkanes) is 2. The molecule has 3 aromatic carbocycles.